The van der Waals surface area contributed by atoms with E-state index < -0.39 is 144 Å². The summed E-state index contributed by atoms with van der Waals surface area (Å²) in [5, 5.41) is 4.53. The molecule has 6 rings (SSSR count). The number of allylic oxidation sites excluding steroid dienone is 2. The maximum atomic E-state index is 15.4. The van der Waals surface area contributed by atoms with Crippen molar-refractivity contribution in [3.05, 3.63) is 168 Å². The molecule has 2 aromatic heterocycles. The second kappa shape index (κ2) is 24.9. The summed E-state index contributed by atoms with van der Waals surface area (Å²) in [5.74, 6) is -71.4. The maximum Gasteiger partial charge on any atom is 0.382 e. The summed E-state index contributed by atoms with van der Waals surface area (Å²) >= 11 is 3.82. The van der Waals surface area contributed by atoms with Crippen LogP contribution in [0.4, 0.5) is 87.8 Å². The van der Waals surface area contributed by atoms with E-state index in [0.29, 0.717) is 0 Å². The van der Waals surface area contributed by atoms with Gasteiger partial charge in [0.1, 0.15) is 52.7 Å². The van der Waals surface area contributed by atoms with Crippen LogP contribution in [0.1, 0.15) is 89.2 Å². The highest BCUT2D eigenvalue weighted by molar-refractivity contribution is 7.20. The molecule has 72 heavy (non-hydrogen) atoms. The lowest BCUT2D eigenvalue weighted by Gasteiger charge is -2.44. The fraction of sp³-hybridized carbons (Fsp3) is 0.250. The lowest BCUT2D eigenvalue weighted by Crippen LogP contribution is -3.61. The average molecular weight is 1190 g/mol. The number of benzene rings is 4. The predicted molar refractivity (Wildman–Crippen MR) is 231 cm³/mol. The van der Waals surface area contributed by atoms with E-state index in [-0.39, 0.29) is 21.2 Å². The van der Waals surface area contributed by atoms with E-state index in [1.807, 2.05) is 22.7 Å². The van der Waals surface area contributed by atoms with E-state index in [1.165, 1.54) is 75.3 Å². The highest BCUT2D eigenvalue weighted by Gasteiger charge is 2.52. The third kappa shape index (κ3) is 11.1. The molecule has 24 heteroatoms. The van der Waals surface area contributed by atoms with Crippen LogP contribution >= 0.6 is 22.7 Å². The number of hydrogen-bond acceptors (Lipinski definition) is 2. The first-order valence-corrected chi connectivity index (χ1v) is 25.3. The summed E-state index contributed by atoms with van der Waals surface area (Å²) < 4.78 is 297. The zero-order valence-corrected chi connectivity index (χ0v) is 40.8. The Morgan fingerprint density at radius 3 is 0.819 bits per heavy atom. The van der Waals surface area contributed by atoms with Gasteiger partial charge in [0.2, 0.25) is 0 Å². The number of unbranched alkanes of at least 4 members (excludes halogenated alkanes) is 8. The maximum absolute atomic E-state index is 15.4. The highest BCUT2D eigenvalue weighted by atomic mass is 127. The molecule has 0 N–H and O–H groups in total. The Hall–Kier alpha value is -4.85. The van der Waals surface area contributed by atoms with Gasteiger partial charge in [-0.25, -0.2) is 87.8 Å². The molecule has 0 aliphatic carbocycles. The van der Waals surface area contributed by atoms with Crippen molar-refractivity contribution in [1.29, 1.82) is 0 Å². The Kier molecular flexibility index (Phi) is 20.1. The number of hydrogen-bond donors (Lipinski definition) is 0. The van der Waals surface area contributed by atoms with Gasteiger partial charge in [-0.05, 0) is 48.6 Å². The minimum absolute atomic E-state index is 0.0691. The predicted octanol–water partition coefficient (Wildman–Crippen LogP) is 11.8. The van der Waals surface area contributed by atoms with Crippen molar-refractivity contribution in [2.75, 3.05) is 0 Å². The van der Waals surface area contributed by atoms with Crippen LogP contribution in [0.15, 0.2) is 35.0 Å². The third-order valence-corrected chi connectivity index (χ3v) is 17.4. The molecule has 0 radical (unpaired) electrons. The summed E-state index contributed by atoms with van der Waals surface area (Å²) in [4.78, 5) is 0. The Morgan fingerprint density at radius 1 is 0.347 bits per heavy atom. The van der Waals surface area contributed by atoms with Crippen molar-refractivity contribution >= 4 is 62.8 Å². The van der Waals surface area contributed by atoms with Gasteiger partial charge in [-0.1, -0.05) is 99.4 Å². The minimum atomic E-state index is -7.22. The van der Waals surface area contributed by atoms with E-state index in [9.17, 15) is 52.7 Å². The summed E-state index contributed by atoms with van der Waals surface area (Å²) in [6.07, 6.45) is 15.5. The van der Waals surface area contributed by atoms with Crippen molar-refractivity contribution in [3.63, 3.8) is 0 Å². The molecule has 0 saturated carbocycles. The molecule has 388 valence electrons. The summed E-state index contributed by atoms with van der Waals surface area (Å²) in [6.45, 7) is 4.55. The zero-order valence-electron chi connectivity index (χ0n) is 37.0. The van der Waals surface area contributed by atoms with Gasteiger partial charge in [-0.3, -0.25) is 0 Å². The lowest BCUT2D eigenvalue weighted by molar-refractivity contribution is -0.585. The molecule has 0 fully saturated rings. The number of halogens is 21. The van der Waals surface area contributed by atoms with Gasteiger partial charge in [-0.15, -0.1) is 21.9 Å². The smallest absolute Gasteiger partial charge is 0.207 e. The Balaban J connectivity index is 0.000000304. The monoisotopic (exact) mass is 1190 g/mol. The van der Waals surface area contributed by atoms with Crippen molar-refractivity contribution < 1.29 is 109 Å². The first kappa shape index (κ1) is 58.0. The van der Waals surface area contributed by atoms with Crippen molar-refractivity contribution in [2.24, 2.45) is 0 Å². The zero-order chi connectivity index (χ0) is 53.5. The first-order chi connectivity index (χ1) is 34.0. The quantitative estimate of drug-likeness (QED) is 0.0201. The fourth-order valence-electron chi connectivity index (χ4n) is 7.75. The summed E-state index contributed by atoms with van der Waals surface area (Å²) in [6, 6.07) is 4.61. The van der Waals surface area contributed by atoms with Crippen LogP contribution < -0.4 is 43.1 Å². The fourth-order valence-corrected chi connectivity index (χ4v) is 13.8. The third-order valence-electron chi connectivity index (χ3n) is 11.2. The van der Waals surface area contributed by atoms with Gasteiger partial charge in [0, 0.05) is 11.1 Å². The minimum Gasteiger partial charge on any atom is -0.207 e. The molecule has 0 unspecified atom stereocenters. The largest absolute Gasteiger partial charge is 0.382 e. The van der Waals surface area contributed by atoms with E-state index >= 15 is 35.1 Å². The molecule has 0 saturated heterocycles. The average Bonchev–Trinajstić information content (AvgIpc) is 4.02. The molecule has 6 aromatic rings. The van der Waals surface area contributed by atoms with Crippen LogP contribution in [-0.2, 0) is 0 Å². The SMILES string of the molecule is CCCCCCC=Cc1ccsc1[I+]c1sccc1C=CCCCCCC.Fc1c(F)c(F)c([B-](c2c(F)c(F)c(F)c(F)c2F)(c2c(F)c(F)c(F)c(F)c2F)c2c(F)c(F)c(F)c(F)c2F)c(F)c1F. The molecule has 0 aliphatic rings. The van der Waals surface area contributed by atoms with Crippen LogP contribution in [0, 0.1) is 122 Å². The van der Waals surface area contributed by atoms with Crippen LogP contribution in [-0.4, -0.2) is 6.15 Å². The highest BCUT2D eigenvalue weighted by Crippen LogP contribution is 2.31. The van der Waals surface area contributed by atoms with Crippen LogP contribution in [0.3, 0.4) is 0 Å². The molecule has 4 aromatic carbocycles. The lowest BCUT2D eigenvalue weighted by atomic mass is 9.12. The van der Waals surface area contributed by atoms with Crippen molar-refractivity contribution in [3.8, 4) is 0 Å². The number of thiophene rings is 2. The molecular formula is C48H34BF20IS2. The van der Waals surface area contributed by atoms with Crippen LogP contribution in [0.25, 0.3) is 12.2 Å². The summed E-state index contributed by atoms with van der Waals surface area (Å²) in [5.41, 5.74) is -11.4. The molecule has 0 nitrogen and oxygen atoms in total. The van der Waals surface area contributed by atoms with E-state index in [1.54, 1.807) is 5.77 Å². The molecule has 0 bridgehead atoms. The summed E-state index contributed by atoms with van der Waals surface area (Å²) in [7, 11) is 0. The Morgan fingerprint density at radius 2 is 0.583 bits per heavy atom. The van der Waals surface area contributed by atoms with Crippen LogP contribution in [0.2, 0.25) is 0 Å². The molecule has 0 amide bonds. The van der Waals surface area contributed by atoms with Gasteiger partial charge in [0.25, 0.3) is 5.77 Å². The van der Waals surface area contributed by atoms with Gasteiger partial charge in [0.15, 0.2) is 69.8 Å². The van der Waals surface area contributed by atoms with Crippen molar-refractivity contribution in [2.45, 2.75) is 78.1 Å². The Labute approximate surface area is 416 Å². The molecule has 0 aliphatic heterocycles. The standard InChI is InChI=1S/C24BF20.C24H34IS2/c26-5-1(6(27)14(35)21(42)13(5)34)25(2-7(28)15(36)22(43)16(37)8(2)29,3-9(30)17(38)23(44)18(39)10(3)31)4-11(32)19(40)24(45)20(41)12(4)33;1-3-5-7-9-11-13-15-21-17-19-26-23(21)25-24-22(18-20-27-24)16-14-12-10-8-6-4-2/h;13-20H,3-12H2,1-2H3/q-1;+1. The van der Waals surface area contributed by atoms with Gasteiger partial charge < -0.3 is 0 Å². The topological polar surface area (TPSA) is 0 Å². The van der Waals surface area contributed by atoms with Crippen LogP contribution in [0.5, 0.6) is 0 Å². The molecule has 0 atom stereocenters. The Bertz CT molecular complexity index is 2560. The second-order valence-corrected chi connectivity index (χ2v) is 21.7. The van der Waals surface area contributed by atoms with Gasteiger partial charge >= 0.3 is 21.2 Å². The van der Waals surface area contributed by atoms with E-state index in [2.05, 4.69) is 61.0 Å². The first-order valence-electron chi connectivity index (χ1n) is 21.4. The normalized spacial score (nSPS) is 12.0. The van der Waals surface area contributed by atoms with E-state index in [0.717, 1.165) is 0 Å². The van der Waals surface area contributed by atoms with Gasteiger partial charge in [-0.2, -0.15) is 0 Å². The number of rotatable bonds is 18. The van der Waals surface area contributed by atoms with Crippen molar-refractivity contribution in [1.82, 2.24) is 0 Å². The molecule has 0 spiro atoms. The second-order valence-electron chi connectivity index (χ2n) is 15.7. The molecular weight excluding hydrogens is 1160 g/mol. The molecule has 2 heterocycles. The van der Waals surface area contributed by atoms with E-state index in [4.69, 9.17) is 0 Å². The van der Waals surface area contributed by atoms with Gasteiger partial charge in [0.05, 0.1) is 0 Å².